The maximum absolute atomic E-state index is 12.4. The average Bonchev–Trinajstić information content (AvgIpc) is 3.19. The molecule has 0 saturated heterocycles. The fraction of sp³-hybridized carbons (Fsp3) is 0.294. The minimum Gasteiger partial charge on any atom is -0.469 e. The lowest BCUT2D eigenvalue weighted by Crippen LogP contribution is -2.25. The van der Waals surface area contributed by atoms with Gasteiger partial charge in [-0.15, -0.1) is 22.9 Å². The Morgan fingerprint density at radius 3 is 2.78 bits per heavy atom. The lowest BCUT2D eigenvalue weighted by molar-refractivity contribution is -0.148. The Balaban J connectivity index is 1.69. The molecule has 0 spiro atoms. The van der Waals surface area contributed by atoms with Gasteiger partial charge < -0.3 is 9.47 Å². The van der Waals surface area contributed by atoms with Gasteiger partial charge in [-0.1, -0.05) is 30.3 Å². The van der Waals surface area contributed by atoms with Crippen molar-refractivity contribution in [1.29, 1.82) is 0 Å². The predicted octanol–water partition coefficient (Wildman–Crippen LogP) is 4.09. The molecule has 1 aromatic heterocycles. The Kier molecular flexibility index (Phi) is 4.98. The molecule has 0 fully saturated rings. The van der Waals surface area contributed by atoms with E-state index in [9.17, 15) is 4.79 Å². The quantitative estimate of drug-likeness (QED) is 0.603. The summed E-state index contributed by atoms with van der Waals surface area (Å²) in [6.45, 7) is 1.97. The Hall–Kier alpha value is -1.85. The molecule has 2 atom stereocenters. The van der Waals surface area contributed by atoms with E-state index in [1.165, 1.54) is 11.3 Å². The standard InChI is InChI=1S/C17H16ClNO3S/c1-11-19-15(16(22-11)14-8-7-13(9-18)23-14)17(20)21-10-12-5-3-2-4-6-12/h2-8,15-16H,9-10H2,1H3. The summed E-state index contributed by atoms with van der Waals surface area (Å²) in [4.78, 5) is 18.6. The summed E-state index contributed by atoms with van der Waals surface area (Å²) in [6, 6.07) is 12.8. The van der Waals surface area contributed by atoms with E-state index in [-0.39, 0.29) is 12.6 Å². The van der Waals surface area contributed by atoms with Gasteiger partial charge in [0.2, 0.25) is 0 Å². The van der Waals surface area contributed by atoms with Crippen molar-refractivity contribution < 1.29 is 14.3 Å². The molecule has 0 N–H and O–H groups in total. The number of thiophene rings is 1. The number of carbonyl (C=O) groups is 1. The fourth-order valence-electron chi connectivity index (χ4n) is 2.37. The van der Waals surface area contributed by atoms with Gasteiger partial charge in [-0.05, 0) is 17.7 Å². The molecule has 1 aliphatic rings. The number of hydrogen-bond donors (Lipinski definition) is 0. The average molecular weight is 350 g/mol. The Bertz CT molecular complexity index is 714. The molecular weight excluding hydrogens is 334 g/mol. The van der Waals surface area contributed by atoms with Crippen molar-refractivity contribution in [1.82, 2.24) is 0 Å². The van der Waals surface area contributed by atoms with Gasteiger partial charge >= 0.3 is 5.97 Å². The lowest BCUT2D eigenvalue weighted by atomic mass is 10.1. The predicted molar refractivity (Wildman–Crippen MR) is 90.8 cm³/mol. The maximum Gasteiger partial charge on any atom is 0.335 e. The van der Waals surface area contributed by atoms with Crippen LogP contribution >= 0.6 is 22.9 Å². The zero-order valence-electron chi connectivity index (χ0n) is 12.6. The molecule has 2 unspecified atom stereocenters. The highest BCUT2D eigenvalue weighted by atomic mass is 35.5. The number of aliphatic imine (C=N–C) groups is 1. The summed E-state index contributed by atoms with van der Waals surface area (Å²) in [5.74, 6) is 0.564. The van der Waals surface area contributed by atoms with Crippen LogP contribution in [-0.4, -0.2) is 17.9 Å². The monoisotopic (exact) mass is 349 g/mol. The molecule has 2 heterocycles. The summed E-state index contributed by atoms with van der Waals surface area (Å²) in [7, 11) is 0. The first kappa shape index (κ1) is 16.0. The lowest BCUT2D eigenvalue weighted by Gasteiger charge is -2.15. The van der Waals surface area contributed by atoms with Crippen LogP contribution in [0.25, 0.3) is 0 Å². The van der Waals surface area contributed by atoms with Crippen molar-refractivity contribution in [2.45, 2.75) is 31.6 Å². The van der Waals surface area contributed by atoms with Gasteiger partial charge in [0.25, 0.3) is 0 Å². The minimum atomic E-state index is -0.666. The van der Waals surface area contributed by atoms with Crippen LogP contribution in [0.1, 0.15) is 28.3 Å². The molecule has 4 nitrogen and oxygen atoms in total. The van der Waals surface area contributed by atoms with Gasteiger partial charge in [-0.3, -0.25) is 0 Å². The second-order valence-corrected chi connectivity index (χ2v) is 6.63. The molecular formula is C17H16ClNO3S. The number of esters is 1. The van der Waals surface area contributed by atoms with Gasteiger partial charge in [0.05, 0.1) is 5.88 Å². The topological polar surface area (TPSA) is 47.9 Å². The van der Waals surface area contributed by atoms with Gasteiger partial charge in [0.1, 0.15) is 6.61 Å². The number of carbonyl (C=O) groups excluding carboxylic acids is 1. The second-order valence-electron chi connectivity index (χ2n) is 5.16. The first-order valence-electron chi connectivity index (χ1n) is 7.23. The third-order valence-electron chi connectivity index (χ3n) is 3.47. The largest absolute Gasteiger partial charge is 0.469 e. The zero-order valence-corrected chi connectivity index (χ0v) is 14.1. The molecule has 0 radical (unpaired) electrons. The number of halogens is 1. The number of nitrogens with zero attached hydrogens (tertiary/aromatic N) is 1. The third-order valence-corrected chi connectivity index (χ3v) is 5.06. The number of benzene rings is 1. The van der Waals surface area contributed by atoms with Crippen LogP contribution in [0.2, 0.25) is 0 Å². The van der Waals surface area contributed by atoms with Crippen LogP contribution in [0.4, 0.5) is 0 Å². The van der Waals surface area contributed by atoms with Crippen molar-refractivity contribution in [3.8, 4) is 0 Å². The third kappa shape index (κ3) is 3.74. The van der Waals surface area contributed by atoms with Crippen molar-refractivity contribution in [2.75, 3.05) is 0 Å². The highest BCUT2D eigenvalue weighted by Gasteiger charge is 2.38. The van der Waals surface area contributed by atoms with E-state index < -0.39 is 12.1 Å². The highest BCUT2D eigenvalue weighted by Crippen LogP contribution is 2.35. The Morgan fingerprint density at radius 2 is 2.09 bits per heavy atom. The smallest absolute Gasteiger partial charge is 0.335 e. The van der Waals surface area contributed by atoms with Crippen LogP contribution in [-0.2, 0) is 26.8 Å². The Morgan fingerprint density at radius 1 is 1.30 bits per heavy atom. The van der Waals surface area contributed by atoms with Crippen LogP contribution in [0.5, 0.6) is 0 Å². The van der Waals surface area contributed by atoms with E-state index in [2.05, 4.69) is 4.99 Å². The molecule has 0 bridgehead atoms. The van der Waals surface area contributed by atoms with E-state index in [1.807, 2.05) is 42.5 Å². The van der Waals surface area contributed by atoms with E-state index in [0.717, 1.165) is 15.3 Å². The maximum atomic E-state index is 12.4. The van der Waals surface area contributed by atoms with E-state index in [4.69, 9.17) is 21.1 Å². The minimum absolute atomic E-state index is 0.231. The van der Waals surface area contributed by atoms with Crippen LogP contribution in [0, 0.1) is 0 Å². The molecule has 0 aliphatic carbocycles. The fourth-order valence-corrected chi connectivity index (χ4v) is 3.54. The first-order chi connectivity index (χ1) is 11.2. The number of hydrogen-bond acceptors (Lipinski definition) is 5. The van der Waals surface area contributed by atoms with E-state index in [0.29, 0.717) is 11.8 Å². The molecule has 1 aliphatic heterocycles. The van der Waals surface area contributed by atoms with E-state index >= 15 is 0 Å². The van der Waals surface area contributed by atoms with Crippen molar-refractivity contribution in [2.24, 2.45) is 4.99 Å². The normalized spacial score (nSPS) is 20.0. The summed E-state index contributed by atoms with van der Waals surface area (Å²) >= 11 is 7.37. The Labute approximate surface area is 143 Å². The zero-order chi connectivity index (χ0) is 16.2. The van der Waals surface area contributed by atoms with Gasteiger partial charge in [0, 0.05) is 16.7 Å². The van der Waals surface area contributed by atoms with Crippen molar-refractivity contribution >= 4 is 34.8 Å². The second kappa shape index (κ2) is 7.15. The van der Waals surface area contributed by atoms with Crippen LogP contribution < -0.4 is 0 Å². The summed E-state index contributed by atoms with van der Waals surface area (Å²) in [5.41, 5.74) is 0.942. The SMILES string of the molecule is CC1=NC(C(=O)OCc2ccccc2)C(c2ccc(CCl)s2)O1. The van der Waals surface area contributed by atoms with Crippen LogP contribution in [0.3, 0.4) is 0 Å². The van der Waals surface area contributed by atoms with Crippen LogP contribution in [0.15, 0.2) is 47.5 Å². The number of alkyl halides is 1. The molecule has 6 heteroatoms. The molecule has 3 rings (SSSR count). The molecule has 120 valence electrons. The molecule has 1 aromatic carbocycles. The van der Waals surface area contributed by atoms with Crippen molar-refractivity contribution in [3.63, 3.8) is 0 Å². The molecule has 2 aromatic rings. The number of rotatable bonds is 5. The number of ether oxygens (including phenoxy) is 2. The first-order valence-corrected chi connectivity index (χ1v) is 8.58. The van der Waals surface area contributed by atoms with E-state index in [1.54, 1.807) is 6.92 Å². The molecule has 23 heavy (non-hydrogen) atoms. The summed E-state index contributed by atoms with van der Waals surface area (Å²) in [6.07, 6.45) is -0.430. The van der Waals surface area contributed by atoms with Gasteiger partial charge in [-0.2, -0.15) is 0 Å². The van der Waals surface area contributed by atoms with Crippen molar-refractivity contribution in [3.05, 3.63) is 57.8 Å². The molecule has 0 amide bonds. The summed E-state index contributed by atoms with van der Waals surface area (Å²) in [5, 5.41) is 0. The van der Waals surface area contributed by atoms with Gasteiger partial charge in [-0.25, -0.2) is 9.79 Å². The van der Waals surface area contributed by atoms with Gasteiger partial charge in [0.15, 0.2) is 18.0 Å². The highest BCUT2D eigenvalue weighted by molar-refractivity contribution is 7.12. The summed E-state index contributed by atoms with van der Waals surface area (Å²) < 4.78 is 11.1. The molecule has 0 saturated carbocycles.